The Morgan fingerprint density at radius 1 is 0.921 bits per heavy atom. The first-order valence-corrected chi connectivity index (χ1v) is 13.5. The molecule has 0 aliphatic carbocycles. The largest absolute Gasteiger partial charge is 0.368 e. The number of thioether (sulfide) groups is 1. The number of rotatable bonds is 7. The number of hydrogen-bond acceptors (Lipinski definition) is 7. The lowest BCUT2D eigenvalue weighted by molar-refractivity contribution is -0.113. The highest BCUT2D eigenvalue weighted by Gasteiger charge is 2.23. The molecule has 0 bridgehead atoms. The van der Waals surface area contributed by atoms with Crippen LogP contribution in [0.2, 0.25) is 5.02 Å². The Balaban J connectivity index is 1.11. The van der Waals surface area contributed by atoms with Crippen LogP contribution >= 0.6 is 23.4 Å². The highest BCUT2D eigenvalue weighted by molar-refractivity contribution is 7.99. The number of piperazine rings is 1. The summed E-state index contributed by atoms with van der Waals surface area (Å²) in [4.78, 5) is 29.6. The van der Waals surface area contributed by atoms with Gasteiger partial charge in [0, 0.05) is 48.1 Å². The van der Waals surface area contributed by atoms with Gasteiger partial charge in [-0.2, -0.15) is 4.68 Å². The summed E-state index contributed by atoms with van der Waals surface area (Å²) in [5.74, 6) is 0.0877. The zero-order valence-corrected chi connectivity index (χ0v) is 22.3. The Morgan fingerprint density at radius 2 is 1.61 bits per heavy atom. The van der Waals surface area contributed by atoms with Gasteiger partial charge < -0.3 is 15.1 Å². The van der Waals surface area contributed by atoms with Gasteiger partial charge in [0.25, 0.3) is 5.91 Å². The third-order valence-corrected chi connectivity index (χ3v) is 7.47. The predicted molar refractivity (Wildman–Crippen MR) is 149 cm³/mol. The van der Waals surface area contributed by atoms with E-state index in [4.69, 9.17) is 11.6 Å². The van der Waals surface area contributed by atoms with Crippen molar-refractivity contribution in [2.75, 3.05) is 42.1 Å². The molecular formula is C27H26ClN7O2S. The molecule has 9 nitrogen and oxygen atoms in total. The third-order valence-electron chi connectivity index (χ3n) is 6.30. The van der Waals surface area contributed by atoms with Gasteiger partial charge in [-0.05, 0) is 77.5 Å². The van der Waals surface area contributed by atoms with Crippen molar-refractivity contribution in [3.63, 3.8) is 0 Å². The molecule has 38 heavy (non-hydrogen) atoms. The molecule has 3 aromatic carbocycles. The van der Waals surface area contributed by atoms with Gasteiger partial charge in [0.2, 0.25) is 11.1 Å². The molecule has 1 fully saturated rings. The topological polar surface area (TPSA) is 96.2 Å². The van der Waals surface area contributed by atoms with E-state index in [1.54, 1.807) is 16.8 Å². The molecule has 194 valence electrons. The Bertz CT molecular complexity index is 1420. The van der Waals surface area contributed by atoms with Crippen molar-refractivity contribution in [3.8, 4) is 5.69 Å². The molecule has 0 unspecified atom stereocenters. The average molecular weight is 548 g/mol. The van der Waals surface area contributed by atoms with Gasteiger partial charge in [0.15, 0.2) is 0 Å². The summed E-state index contributed by atoms with van der Waals surface area (Å²) < 4.78 is 1.57. The van der Waals surface area contributed by atoms with E-state index in [0.717, 1.165) is 35.6 Å². The number of aromatic nitrogens is 4. The minimum atomic E-state index is -0.156. The third kappa shape index (κ3) is 5.98. The number of nitrogens with zero attached hydrogens (tertiary/aromatic N) is 6. The summed E-state index contributed by atoms with van der Waals surface area (Å²) >= 11 is 7.20. The van der Waals surface area contributed by atoms with E-state index in [0.29, 0.717) is 29.0 Å². The zero-order chi connectivity index (χ0) is 26.5. The van der Waals surface area contributed by atoms with Crippen LogP contribution in [-0.2, 0) is 4.79 Å². The van der Waals surface area contributed by atoms with Gasteiger partial charge in [-0.25, -0.2) is 0 Å². The maximum Gasteiger partial charge on any atom is 0.254 e. The summed E-state index contributed by atoms with van der Waals surface area (Å²) in [6.45, 7) is 4.80. The molecule has 0 atom stereocenters. The van der Waals surface area contributed by atoms with Gasteiger partial charge in [-0.3, -0.25) is 9.59 Å². The van der Waals surface area contributed by atoms with E-state index in [1.807, 2.05) is 72.5 Å². The standard InChI is InChI=1S/C27H26ClN7O2S/c1-19-4-2-3-5-24(19)26(37)34-16-14-33(15-17-34)22-12-8-21(9-13-22)29-25(36)18-38-27-30-31-32-35(27)23-10-6-20(28)7-11-23/h2-13H,14-18H2,1H3,(H,29,36). The monoisotopic (exact) mass is 547 g/mol. The Morgan fingerprint density at radius 3 is 2.32 bits per heavy atom. The van der Waals surface area contributed by atoms with Crippen molar-refractivity contribution in [1.82, 2.24) is 25.1 Å². The van der Waals surface area contributed by atoms with Crippen molar-refractivity contribution < 1.29 is 9.59 Å². The van der Waals surface area contributed by atoms with E-state index in [-0.39, 0.29) is 17.6 Å². The molecule has 0 saturated carbocycles. The van der Waals surface area contributed by atoms with Crippen LogP contribution in [0, 0.1) is 6.92 Å². The maximum atomic E-state index is 12.9. The van der Waals surface area contributed by atoms with Crippen LogP contribution in [0.1, 0.15) is 15.9 Å². The number of carbonyl (C=O) groups is 2. The van der Waals surface area contributed by atoms with Crippen molar-refractivity contribution >= 4 is 46.6 Å². The lowest BCUT2D eigenvalue weighted by Crippen LogP contribution is -2.48. The summed E-state index contributed by atoms with van der Waals surface area (Å²) in [5.41, 5.74) is 4.29. The predicted octanol–water partition coefficient (Wildman–Crippen LogP) is 4.32. The second-order valence-corrected chi connectivity index (χ2v) is 10.2. The van der Waals surface area contributed by atoms with Crippen molar-refractivity contribution in [3.05, 3.63) is 88.9 Å². The van der Waals surface area contributed by atoms with E-state index >= 15 is 0 Å². The van der Waals surface area contributed by atoms with Crippen LogP contribution in [0.4, 0.5) is 11.4 Å². The fraction of sp³-hybridized carbons (Fsp3) is 0.222. The minimum Gasteiger partial charge on any atom is -0.368 e. The lowest BCUT2D eigenvalue weighted by atomic mass is 10.1. The molecule has 11 heteroatoms. The molecule has 0 spiro atoms. The normalized spacial score (nSPS) is 13.4. The van der Waals surface area contributed by atoms with Crippen LogP contribution < -0.4 is 10.2 Å². The summed E-state index contributed by atoms with van der Waals surface area (Å²) in [7, 11) is 0. The fourth-order valence-corrected chi connectivity index (χ4v) is 5.06. The molecule has 2 heterocycles. The SMILES string of the molecule is Cc1ccccc1C(=O)N1CCN(c2ccc(NC(=O)CSc3nnnn3-c3ccc(Cl)cc3)cc2)CC1. The minimum absolute atomic E-state index is 0.0841. The highest BCUT2D eigenvalue weighted by Crippen LogP contribution is 2.23. The molecule has 1 aliphatic rings. The van der Waals surface area contributed by atoms with E-state index in [2.05, 4.69) is 25.7 Å². The van der Waals surface area contributed by atoms with Crippen LogP contribution in [0.15, 0.2) is 78.0 Å². The molecule has 1 N–H and O–H groups in total. The van der Waals surface area contributed by atoms with Gasteiger partial charge >= 0.3 is 0 Å². The number of halogens is 1. The van der Waals surface area contributed by atoms with Gasteiger partial charge in [0.05, 0.1) is 11.4 Å². The van der Waals surface area contributed by atoms with Gasteiger partial charge in [-0.1, -0.05) is 41.6 Å². The second-order valence-electron chi connectivity index (χ2n) is 8.83. The Kier molecular flexibility index (Phi) is 7.90. The number of amides is 2. The number of tetrazole rings is 1. The second kappa shape index (κ2) is 11.7. The number of nitrogens with one attached hydrogen (secondary N) is 1. The number of hydrogen-bond donors (Lipinski definition) is 1. The summed E-state index contributed by atoms with van der Waals surface area (Å²) in [6.07, 6.45) is 0. The smallest absolute Gasteiger partial charge is 0.254 e. The Labute approximate surface area is 229 Å². The molecule has 1 aliphatic heterocycles. The molecule has 1 saturated heterocycles. The van der Waals surface area contributed by atoms with Crippen molar-refractivity contribution in [1.29, 1.82) is 0 Å². The number of aryl methyl sites for hydroxylation is 1. The maximum absolute atomic E-state index is 12.9. The fourth-order valence-electron chi connectivity index (χ4n) is 4.25. The number of anilines is 2. The quantitative estimate of drug-likeness (QED) is 0.344. The van der Waals surface area contributed by atoms with Crippen molar-refractivity contribution in [2.24, 2.45) is 0 Å². The average Bonchev–Trinajstić information content (AvgIpc) is 3.41. The molecule has 0 radical (unpaired) electrons. The Hall–Kier alpha value is -3.89. The van der Waals surface area contributed by atoms with E-state index < -0.39 is 0 Å². The van der Waals surface area contributed by atoms with Crippen molar-refractivity contribution in [2.45, 2.75) is 12.1 Å². The molecule has 2 amide bonds. The summed E-state index contributed by atoms with van der Waals surface area (Å²) in [5, 5.41) is 15.8. The molecule has 5 rings (SSSR count). The first-order chi connectivity index (χ1) is 18.5. The molecule has 1 aromatic heterocycles. The number of carbonyl (C=O) groups excluding carboxylic acids is 2. The van der Waals surface area contributed by atoms with Gasteiger partial charge in [-0.15, -0.1) is 5.10 Å². The van der Waals surface area contributed by atoms with E-state index in [1.165, 1.54) is 11.8 Å². The first kappa shape index (κ1) is 25.7. The molecule has 4 aromatic rings. The van der Waals surface area contributed by atoms with Crippen LogP contribution in [-0.4, -0.2) is 68.9 Å². The van der Waals surface area contributed by atoms with Crippen LogP contribution in [0.25, 0.3) is 5.69 Å². The van der Waals surface area contributed by atoms with Crippen LogP contribution in [0.5, 0.6) is 0 Å². The highest BCUT2D eigenvalue weighted by atomic mass is 35.5. The zero-order valence-electron chi connectivity index (χ0n) is 20.7. The van der Waals surface area contributed by atoms with E-state index in [9.17, 15) is 9.59 Å². The first-order valence-electron chi connectivity index (χ1n) is 12.1. The molecular weight excluding hydrogens is 522 g/mol. The number of benzene rings is 3. The lowest BCUT2D eigenvalue weighted by Gasteiger charge is -2.36. The van der Waals surface area contributed by atoms with Gasteiger partial charge in [0.1, 0.15) is 0 Å². The summed E-state index contributed by atoms with van der Waals surface area (Å²) in [6, 6.07) is 22.6. The van der Waals surface area contributed by atoms with Crippen LogP contribution in [0.3, 0.4) is 0 Å².